The zero-order valence-corrected chi connectivity index (χ0v) is 6.79. The Morgan fingerprint density at radius 1 is 1.17 bits per heavy atom. The molecule has 0 aliphatic heterocycles. The molecule has 0 radical (unpaired) electrons. The van der Waals surface area contributed by atoms with E-state index in [9.17, 15) is 5.21 Å². The number of nitrogens with two attached hydrogens (primary N) is 3. The Kier molecular flexibility index (Phi) is 2.07. The molecule has 12 heavy (non-hydrogen) atoms. The van der Waals surface area contributed by atoms with Gasteiger partial charge < -0.3 is 27.5 Å². The van der Waals surface area contributed by atoms with Crippen LogP contribution in [0.2, 0.25) is 0 Å². The molecule has 0 fully saturated rings. The van der Waals surface area contributed by atoms with Crippen LogP contribution in [0, 0.1) is 5.21 Å². The topological polar surface area (TPSA) is 106 Å². The summed E-state index contributed by atoms with van der Waals surface area (Å²) in [7, 11) is 1.41. The molecule has 5 heteroatoms. The molecule has 66 valence electrons. The first-order valence-electron chi connectivity index (χ1n) is 3.47. The molecule has 0 saturated heterocycles. The maximum absolute atomic E-state index is 11.0. The summed E-state index contributed by atoms with van der Waals surface area (Å²) in [5.74, 6) is 0. The Bertz CT molecular complexity index is 274. The second kappa shape index (κ2) is 2.88. The highest BCUT2D eigenvalue weighted by Crippen LogP contribution is 2.24. The van der Waals surface area contributed by atoms with Gasteiger partial charge in [-0.1, -0.05) is 0 Å². The van der Waals surface area contributed by atoms with Crippen LogP contribution in [0.15, 0.2) is 12.1 Å². The highest BCUT2D eigenvalue weighted by atomic mass is 16.5. The van der Waals surface area contributed by atoms with Crippen molar-refractivity contribution in [2.45, 2.75) is 0 Å². The molecule has 1 unspecified atom stereocenters. The van der Waals surface area contributed by atoms with Crippen LogP contribution in [0.3, 0.4) is 0 Å². The number of rotatable bonds is 1. The Hall–Kier alpha value is -1.46. The second-order valence-electron chi connectivity index (χ2n) is 2.63. The van der Waals surface area contributed by atoms with E-state index in [1.807, 2.05) is 0 Å². The molecule has 0 heterocycles. The molecule has 0 spiro atoms. The van der Waals surface area contributed by atoms with Crippen LogP contribution >= 0.6 is 0 Å². The van der Waals surface area contributed by atoms with Gasteiger partial charge in [-0.15, -0.1) is 0 Å². The van der Waals surface area contributed by atoms with E-state index in [0.717, 1.165) is 0 Å². The average molecular weight is 168 g/mol. The molecule has 0 saturated carbocycles. The number of hydroxylamine groups is 1. The van der Waals surface area contributed by atoms with Crippen molar-refractivity contribution in [2.24, 2.45) is 0 Å². The lowest BCUT2D eigenvalue weighted by Gasteiger charge is -2.19. The molecule has 1 rings (SSSR count). The first kappa shape index (κ1) is 8.63. The van der Waals surface area contributed by atoms with Gasteiger partial charge in [-0.3, -0.25) is 0 Å². The maximum Gasteiger partial charge on any atom is 0.177 e. The molecule has 7 N–H and O–H groups in total. The Labute approximate surface area is 70.3 Å². The molecular weight excluding hydrogens is 156 g/mol. The number of anilines is 3. The standard InChI is InChI=1S/C7H12N4O/c1-11(12)7-5(9)2-4(8)3-6(7)10/h2-3,11H,8-10H2,1H3. The number of nitrogen functional groups attached to an aromatic ring is 3. The molecular formula is C7H12N4O. The van der Waals surface area contributed by atoms with Gasteiger partial charge >= 0.3 is 0 Å². The van der Waals surface area contributed by atoms with E-state index in [0.29, 0.717) is 22.7 Å². The van der Waals surface area contributed by atoms with Crippen LogP contribution < -0.4 is 22.3 Å². The van der Waals surface area contributed by atoms with Crippen molar-refractivity contribution in [2.75, 3.05) is 24.2 Å². The molecule has 1 aromatic rings. The van der Waals surface area contributed by atoms with E-state index in [2.05, 4.69) is 0 Å². The minimum Gasteiger partial charge on any atom is -0.629 e. The fraction of sp³-hybridized carbons (Fsp3) is 0.143. The Morgan fingerprint density at radius 2 is 1.58 bits per heavy atom. The molecule has 5 nitrogen and oxygen atoms in total. The smallest absolute Gasteiger partial charge is 0.177 e. The summed E-state index contributed by atoms with van der Waals surface area (Å²) in [6.45, 7) is 0. The average Bonchev–Trinajstić information content (AvgIpc) is 1.82. The van der Waals surface area contributed by atoms with E-state index in [4.69, 9.17) is 17.2 Å². The van der Waals surface area contributed by atoms with Crippen LogP contribution in [0.4, 0.5) is 22.7 Å². The van der Waals surface area contributed by atoms with Crippen molar-refractivity contribution in [3.05, 3.63) is 17.3 Å². The molecule has 0 aliphatic carbocycles. The predicted molar refractivity (Wildman–Crippen MR) is 49.6 cm³/mol. The molecule has 0 aliphatic rings. The lowest BCUT2D eigenvalue weighted by molar-refractivity contribution is -0.750. The molecule has 0 aromatic heterocycles. The van der Waals surface area contributed by atoms with Crippen molar-refractivity contribution in [1.82, 2.24) is 0 Å². The Balaban J connectivity index is 3.28. The third-order valence-corrected chi connectivity index (χ3v) is 1.57. The third-order valence-electron chi connectivity index (χ3n) is 1.57. The summed E-state index contributed by atoms with van der Waals surface area (Å²) >= 11 is 0. The van der Waals surface area contributed by atoms with Gasteiger partial charge in [-0.25, -0.2) is 0 Å². The first-order chi connectivity index (χ1) is 5.52. The quantitative estimate of drug-likeness (QED) is 0.321. The minimum absolute atomic E-state index is 0.148. The van der Waals surface area contributed by atoms with E-state index < -0.39 is 0 Å². The highest BCUT2D eigenvalue weighted by Gasteiger charge is 2.09. The van der Waals surface area contributed by atoms with Crippen LogP contribution in [0.5, 0.6) is 0 Å². The van der Waals surface area contributed by atoms with Crippen molar-refractivity contribution in [3.8, 4) is 0 Å². The van der Waals surface area contributed by atoms with Gasteiger partial charge in [0.25, 0.3) is 0 Å². The van der Waals surface area contributed by atoms with E-state index in [-0.39, 0.29) is 5.06 Å². The first-order valence-corrected chi connectivity index (χ1v) is 3.47. The SMILES string of the molecule is C[NH+]([O-])c1c(N)cc(N)cc1N. The van der Waals surface area contributed by atoms with Crippen molar-refractivity contribution < 1.29 is 5.06 Å². The van der Waals surface area contributed by atoms with Crippen molar-refractivity contribution in [1.29, 1.82) is 0 Å². The number of quaternary nitrogens is 1. The van der Waals surface area contributed by atoms with Crippen LogP contribution in [-0.2, 0) is 0 Å². The van der Waals surface area contributed by atoms with Gasteiger partial charge in [0.1, 0.15) is 0 Å². The summed E-state index contributed by atoms with van der Waals surface area (Å²) in [5, 5.41) is 10.8. The van der Waals surface area contributed by atoms with E-state index >= 15 is 0 Å². The van der Waals surface area contributed by atoms with Gasteiger partial charge in [0.05, 0.1) is 18.4 Å². The van der Waals surface area contributed by atoms with Crippen LogP contribution in [0.25, 0.3) is 0 Å². The molecule has 1 atom stereocenters. The van der Waals surface area contributed by atoms with E-state index in [1.165, 1.54) is 19.2 Å². The lowest BCUT2D eigenvalue weighted by Crippen LogP contribution is -2.98. The minimum atomic E-state index is -0.148. The monoisotopic (exact) mass is 168 g/mol. The number of hydrogen-bond donors (Lipinski definition) is 4. The normalized spacial score (nSPS) is 12.8. The fourth-order valence-electron chi connectivity index (χ4n) is 1.12. The van der Waals surface area contributed by atoms with Crippen molar-refractivity contribution >= 4 is 22.7 Å². The predicted octanol–water partition coefficient (Wildman–Crippen LogP) is -0.923. The molecule has 0 amide bonds. The van der Waals surface area contributed by atoms with Gasteiger partial charge in [0, 0.05) is 5.69 Å². The number of hydrogen-bond acceptors (Lipinski definition) is 4. The maximum atomic E-state index is 11.0. The van der Waals surface area contributed by atoms with Gasteiger partial charge in [-0.05, 0) is 12.1 Å². The number of nitrogens with one attached hydrogen (secondary N) is 1. The largest absolute Gasteiger partial charge is 0.629 e. The summed E-state index contributed by atoms with van der Waals surface area (Å²) in [6.07, 6.45) is 0. The summed E-state index contributed by atoms with van der Waals surface area (Å²) in [5.41, 5.74) is 18.0. The van der Waals surface area contributed by atoms with Crippen LogP contribution in [0.1, 0.15) is 0 Å². The zero-order chi connectivity index (χ0) is 9.30. The Morgan fingerprint density at radius 3 is 1.92 bits per heavy atom. The second-order valence-corrected chi connectivity index (χ2v) is 2.63. The summed E-state index contributed by atoms with van der Waals surface area (Å²) in [6, 6.07) is 3.04. The van der Waals surface area contributed by atoms with Gasteiger partial charge in [0.2, 0.25) is 0 Å². The molecule has 0 bridgehead atoms. The summed E-state index contributed by atoms with van der Waals surface area (Å²) in [4.78, 5) is 0. The highest BCUT2D eigenvalue weighted by molar-refractivity contribution is 5.77. The lowest BCUT2D eigenvalue weighted by atomic mass is 10.2. The van der Waals surface area contributed by atoms with Gasteiger partial charge in [0.15, 0.2) is 5.69 Å². The number of benzene rings is 1. The fourth-order valence-corrected chi connectivity index (χ4v) is 1.12. The summed E-state index contributed by atoms with van der Waals surface area (Å²) < 4.78 is 0. The van der Waals surface area contributed by atoms with Crippen LogP contribution in [-0.4, -0.2) is 7.05 Å². The molecule has 1 aromatic carbocycles. The van der Waals surface area contributed by atoms with Crippen molar-refractivity contribution in [3.63, 3.8) is 0 Å². The van der Waals surface area contributed by atoms with E-state index in [1.54, 1.807) is 0 Å². The van der Waals surface area contributed by atoms with Gasteiger partial charge in [-0.2, -0.15) is 0 Å². The third kappa shape index (κ3) is 1.41. The zero-order valence-electron chi connectivity index (χ0n) is 6.79.